The second-order valence-electron chi connectivity index (χ2n) is 7.04. The molecule has 0 aromatic heterocycles. The van der Waals surface area contributed by atoms with E-state index in [9.17, 15) is 13.2 Å². The molecule has 0 aliphatic rings. The lowest BCUT2D eigenvalue weighted by atomic mass is 9.93. The van der Waals surface area contributed by atoms with Crippen molar-refractivity contribution < 1.29 is 13.2 Å². The van der Waals surface area contributed by atoms with Gasteiger partial charge in [-0.1, -0.05) is 49.2 Å². The Labute approximate surface area is 161 Å². The van der Waals surface area contributed by atoms with Crippen LogP contribution in [0.5, 0.6) is 0 Å². The van der Waals surface area contributed by atoms with Gasteiger partial charge < -0.3 is 11.1 Å². The highest BCUT2D eigenvalue weighted by molar-refractivity contribution is 7.90. The number of rotatable bonds is 7. The van der Waals surface area contributed by atoms with E-state index in [-0.39, 0.29) is 10.8 Å². The summed E-state index contributed by atoms with van der Waals surface area (Å²) in [6.45, 7) is 5.96. The van der Waals surface area contributed by atoms with E-state index in [0.717, 1.165) is 23.1 Å². The summed E-state index contributed by atoms with van der Waals surface area (Å²) in [7, 11) is -3.35. The van der Waals surface area contributed by atoms with Gasteiger partial charge in [-0.05, 0) is 49.1 Å². The third-order valence-electron chi connectivity index (χ3n) is 4.58. The first-order valence-electron chi connectivity index (χ1n) is 9.06. The van der Waals surface area contributed by atoms with Crippen molar-refractivity contribution in [2.45, 2.75) is 50.6 Å². The molecule has 2 unspecified atom stereocenters. The summed E-state index contributed by atoms with van der Waals surface area (Å²) in [4.78, 5) is 12.8. The lowest BCUT2D eigenvalue weighted by Crippen LogP contribution is -2.42. The van der Waals surface area contributed by atoms with Gasteiger partial charge in [-0.3, -0.25) is 4.79 Å². The fourth-order valence-corrected chi connectivity index (χ4v) is 3.78. The van der Waals surface area contributed by atoms with Crippen LogP contribution in [-0.4, -0.2) is 26.6 Å². The van der Waals surface area contributed by atoms with E-state index in [4.69, 9.17) is 5.73 Å². The Balaban J connectivity index is 2.51. The first-order valence-corrected chi connectivity index (χ1v) is 11.0. The minimum absolute atomic E-state index is 0.224. The van der Waals surface area contributed by atoms with Crippen LogP contribution in [0.25, 0.3) is 0 Å². The van der Waals surface area contributed by atoms with Gasteiger partial charge in [0.1, 0.15) is 0 Å². The highest BCUT2D eigenvalue weighted by Gasteiger charge is 2.23. The number of hydrogen-bond donors (Lipinski definition) is 2. The third kappa shape index (κ3) is 5.40. The highest BCUT2D eigenvalue weighted by atomic mass is 32.2. The third-order valence-corrected chi connectivity index (χ3v) is 5.69. The van der Waals surface area contributed by atoms with Crippen LogP contribution in [0.15, 0.2) is 47.4 Å². The van der Waals surface area contributed by atoms with E-state index >= 15 is 0 Å². The van der Waals surface area contributed by atoms with Crippen LogP contribution < -0.4 is 11.1 Å². The van der Waals surface area contributed by atoms with Crippen molar-refractivity contribution in [3.63, 3.8) is 0 Å². The Kier molecular flexibility index (Phi) is 6.78. The normalized spacial score (nSPS) is 13.8. The number of benzene rings is 2. The molecule has 6 heteroatoms. The van der Waals surface area contributed by atoms with Gasteiger partial charge in [-0.25, -0.2) is 8.42 Å². The molecule has 0 radical (unpaired) electrons. The Bertz CT molecular complexity index is 923. The number of nitrogens with one attached hydrogen (secondary N) is 1. The molecule has 0 heterocycles. The van der Waals surface area contributed by atoms with Crippen LogP contribution >= 0.6 is 0 Å². The van der Waals surface area contributed by atoms with E-state index in [2.05, 4.69) is 5.32 Å². The van der Waals surface area contributed by atoms with E-state index in [1.807, 2.05) is 45.0 Å². The van der Waals surface area contributed by atoms with Gasteiger partial charge in [-0.2, -0.15) is 0 Å². The van der Waals surface area contributed by atoms with Crippen molar-refractivity contribution in [3.05, 3.63) is 64.7 Å². The SMILES string of the molecule is CCCC(N)C(=O)NC(c1cccc(S(C)(=O)=O)c1)c1ccc(C)cc1C. The molecule has 146 valence electrons. The Morgan fingerprint density at radius 3 is 2.44 bits per heavy atom. The van der Waals surface area contributed by atoms with Crippen molar-refractivity contribution in [2.24, 2.45) is 5.73 Å². The van der Waals surface area contributed by atoms with E-state index in [1.165, 1.54) is 6.26 Å². The molecule has 2 aromatic carbocycles. The van der Waals surface area contributed by atoms with Gasteiger partial charge in [-0.15, -0.1) is 0 Å². The van der Waals surface area contributed by atoms with Gasteiger partial charge in [0, 0.05) is 6.26 Å². The second-order valence-corrected chi connectivity index (χ2v) is 9.06. The molecule has 3 N–H and O–H groups in total. The number of aryl methyl sites for hydroxylation is 2. The lowest BCUT2D eigenvalue weighted by molar-refractivity contribution is -0.123. The second kappa shape index (κ2) is 8.67. The van der Waals surface area contributed by atoms with Gasteiger partial charge in [0.15, 0.2) is 9.84 Å². The summed E-state index contributed by atoms with van der Waals surface area (Å²) < 4.78 is 23.9. The molecule has 0 saturated carbocycles. The fourth-order valence-electron chi connectivity index (χ4n) is 3.11. The number of carbonyl (C=O) groups excluding carboxylic acids is 1. The molecule has 0 aliphatic heterocycles. The molecule has 5 nitrogen and oxygen atoms in total. The molecule has 0 spiro atoms. The summed E-state index contributed by atoms with van der Waals surface area (Å²) in [5.41, 5.74) is 9.76. The molecule has 2 rings (SSSR count). The summed E-state index contributed by atoms with van der Waals surface area (Å²) in [6.07, 6.45) is 2.58. The average Bonchev–Trinajstić information content (AvgIpc) is 2.59. The maximum Gasteiger partial charge on any atom is 0.237 e. The lowest BCUT2D eigenvalue weighted by Gasteiger charge is -2.24. The Morgan fingerprint density at radius 2 is 1.85 bits per heavy atom. The molecule has 27 heavy (non-hydrogen) atoms. The molecule has 1 amide bonds. The first-order chi connectivity index (χ1) is 12.6. The van der Waals surface area contributed by atoms with Crippen LogP contribution in [0.3, 0.4) is 0 Å². The van der Waals surface area contributed by atoms with Crippen molar-refractivity contribution >= 4 is 15.7 Å². The summed E-state index contributed by atoms with van der Waals surface area (Å²) in [5, 5.41) is 3.01. The predicted molar refractivity (Wildman–Crippen MR) is 108 cm³/mol. The topological polar surface area (TPSA) is 89.3 Å². The summed E-state index contributed by atoms with van der Waals surface area (Å²) in [6, 6.07) is 11.6. The molecular formula is C21H28N2O3S. The van der Waals surface area contributed by atoms with Crippen LogP contribution in [0, 0.1) is 13.8 Å². The highest BCUT2D eigenvalue weighted by Crippen LogP contribution is 2.27. The minimum atomic E-state index is -3.35. The molecule has 0 saturated heterocycles. The maximum absolute atomic E-state index is 12.6. The minimum Gasteiger partial charge on any atom is -0.344 e. The van der Waals surface area contributed by atoms with Gasteiger partial charge in [0.05, 0.1) is 17.0 Å². The van der Waals surface area contributed by atoms with Gasteiger partial charge in [0.25, 0.3) is 0 Å². The van der Waals surface area contributed by atoms with Crippen LogP contribution in [0.2, 0.25) is 0 Å². The summed E-state index contributed by atoms with van der Waals surface area (Å²) in [5.74, 6) is -0.244. The molecule has 0 fully saturated rings. The quantitative estimate of drug-likeness (QED) is 0.763. The largest absolute Gasteiger partial charge is 0.344 e. The fraction of sp³-hybridized carbons (Fsp3) is 0.381. The average molecular weight is 389 g/mol. The van der Waals surface area contributed by atoms with Gasteiger partial charge >= 0.3 is 0 Å². The molecule has 0 bridgehead atoms. The van der Waals surface area contributed by atoms with Gasteiger partial charge in [0.2, 0.25) is 5.91 Å². The van der Waals surface area contributed by atoms with Crippen LogP contribution in [0.4, 0.5) is 0 Å². The van der Waals surface area contributed by atoms with Crippen molar-refractivity contribution in [3.8, 4) is 0 Å². The number of sulfone groups is 1. The zero-order chi connectivity index (χ0) is 20.2. The smallest absolute Gasteiger partial charge is 0.237 e. The zero-order valence-electron chi connectivity index (χ0n) is 16.3. The molecule has 0 aliphatic carbocycles. The van der Waals surface area contributed by atoms with E-state index < -0.39 is 21.9 Å². The standard InChI is InChI=1S/C21H28N2O3S/c1-5-7-19(22)21(24)23-20(18-11-10-14(2)12-15(18)3)16-8-6-9-17(13-16)27(4,25)26/h6,8-13,19-20H,5,7,22H2,1-4H3,(H,23,24). The van der Waals surface area contributed by atoms with Crippen LogP contribution in [-0.2, 0) is 14.6 Å². The number of amides is 1. The Morgan fingerprint density at radius 1 is 1.15 bits per heavy atom. The van der Waals surface area contributed by atoms with Crippen molar-refractivity contribution in [1.29, 1.82) is 0 Å². The van der Waals surface area contributed by atoms with E-state index in [0.29, 0.717) is 12.0 Å². The van der Waals surface area contributed by atoms with E-state index in [1.54, 1.807) is 18.2 Å². The monoisotopic (exact) mass is 388 g/mol. The summed E-state index contributed by atoms with van der Waals surface area (Å²) >= 11 is 0. The van der Waals surface area contributed by atoms with Crippen molar-refractivity contribution in [2.75, 3.05) is 6.26 Å². The molecule has 2 aromatic rings. The first kappa shape index (κ1) is 21.1. The van der Waals surface area contributed by atoms with Crippen molar-refractivity contribution in [1.82, 2.24) is 5.32 Å². The Hall–Kier alpha value is -2.18. The number of carbonyl (C=O) groups is 1. The number of hydrogen-bond acceptors (Lipinski definition) is 4. The molecular weight excluding hydrogens is 360 g/mol. The number of nitrogens with two attached hydrogens (primary N) is 1. The predicted octanol–water partition coefficient (Wildman–Crippen LogP) is 3.04. The van der Waals surface area contributed by atoms with Crippen LogP contribution in [0.1, 0.15) is 48.1 Å². The maximum atomic E-state index is 12.6. The zero-order valence-corrected chi connectivity index (χ0v) is 17.1. The molecule has 2 atom stereocenters.